The van der Waals surface area contributed by atoms with Crippen LogP contribution in [0.4, 0.5) is 11.4 Å². The Morgan fingerprint density at radius 2 is 2.00 bits per heavy atom. The van der Waals surface area contributed by atoms with Gasteiger partial charge in [0.15, 0.2) is 11.9 Å². The van der Waals surface area contributed by atoms with E-state index in [1.165, 1.54) is 11.8 Å². The summed E-state index contributed by atoms with van der Waals surface area (Å²) >= 11 is 6.01. The Kier molecular flexibility index (Phi) is 4.95. The molecular formula is C19H17ClN2O4. The number of carbonyl (C=O) groups excluding carboxylic acids is 3. The molecule has 0 saturated carbocycles. The Morgan fingerprint density at radius 1 is 1.23 bits per heavy atom. The first kappa shape index (κ1) is 17.9. The summed E-state index contributed by atoms with van der Waals surface area (Å²) in [7, 11) is 0. The Bertz CT molecular complexity index is 897. The monoisotopic (exact) mass is 372 g/mol. The van der Waals surface area contributed by atoms with Crippen molar-refractivity contribution in [3.05, 3.63) is 53.1 Å². The molecule has 0 bridgehead atoms. The number of hydrogen-bond donors (Lipinski definition) is 1. The van der Waals surface area contributed by atoms with E-state index in [9.17, 15) is 14.4 Å². The standard InChI is InChI=1S/C19H17ClN2O4/c1-11(23)13-4-3-5-15(8-13)21-18(24)10-22-16-9-14(20)6-7-17(16)26-12(2)19(22)25/h3-9,12H,10H2,1-2H3,(H,21,24). The molecule has 134 valence electrons. The van der Waals surface area contributed by atoms with E-state index in [4.69, 9.17) is 16.3 Å². The fourth-order valence-corrected chi connectivity index (χ4v) is 2.87. The van der Waals surface area contributed by atoms with Crippen molar-refractivity contribution in [1.29, 1.82) is 0 Å². The lowest BCUT2D eigenvalue weighted by atomic mass is 10.1. The summed E-state index contributed by atoms with van der Waals surface area (Å²) in [6.45, 7) is 2.89. The fourth-order valence-electron chi connectivity index (χ4n) is 2.70. The second kappa shape index (κ2) is 7.17. The van der Waals surface area contributed by atoms with Gasteiger partial charge in [0.1, 0.15) is 12.3 Å². The topological polar surface area (TPSA) is 75.7 Å². The number of carbonyl (C=O) groups is 3. The van der Waals surface area contributed by atoms with Crippen LogP contribution in [-0.4, -0.2) is 30.2 Å². The van der Waals surface area contributed by atoms with Gasteiger partial charge in [0.05, 0.1) is 5.69 Å². The molecule has 2 amide bonds. The summed E-state index contributed by atoms with van der Waals surface area (Å²) in [5.74, 6) is -0.318. The third-order valence-electron chi connectivity index (χ3n) is 3.98. The number of amides is 2. The summed E-state index contributed by atoms with van der Waals surface area (Å²) in [4.78, 5) is 37.7. The van der Waals surface area contributed by atoms with Gasteiger partial charge >= 0.3 is 0 Å². The molecule has 1 N–H and O–H groups in total. The number of Topliss-reactive ketones (excluding diaryl/α,β-unsaturated/α-hetero) is 1. The van der Waals surface area contributed by atoms with Crippen LogP contribution >= 0.6 is 11.6 Å². The van der Waals surface area contributed by atoms with Crippen molar-refractivity contribution in [1.82, 2.24) is 0 Å². The Labute approximate surface area is 155 Å². The first-order valence-corrected chi connectivity index (χ1v) is 8.41. The number of rotatable bonds is 4. The maximum absolute atomic E-state index is 12.5. The van der Waals surface area contributed by atoms with Crippen molar-refractivity contribution in [3.8, 4) is 5.75 Å². The van der Waals surface area contributed by atoms with Crippen LogP contribution in [0.15, 0.2) is 42.5 Å². The third kappa shape index (κ3) is 3.70. The van der Waals surface area contributed by atoms with Gasteiger partial charge in [0.2, 0.25) is 5.91 Å². The summed E-state index contributed by atoms with van der Waals surface area (Å²) in [6.07, 6.45) is -0.697. The predicted octanol–water partition coefficient (Wildman–Crippen LogP) is 3.30. The largest absolute Gasteiger partial charge is 0.479 e. The van der Waals surface area contributed by atoms with Crippen LogP contribution in [0.5, 0.6) is 5.75 Å². The van der Waals surface area contributed by atoms with Gasteiger partial charge in [0, 0.05) is 16.3 Å². The van der Waals surface area contributed by atoms with Crippen LogP contribution in [-0.2, 0) is 9.59 Å². The first-order chi connectivity index (χ1) is 12.3. The zero-order valence-electron chi connectivity index (χ0n) is 14.3. The highest BCUT2D eigenvalue weighted by Gasteiger charge is 2.32. The quantitative estimate of drug-likeness (QED) is 0.835. The summed E-state index contributed by atoms with van der Waals surface area (Å²) in [5.41, 5.74) is 1.44. The van der Waals surface area contributed by atoms with Crippen molar-refractivity contribution in [3.63, 3.8) is 0 Å². The number of ether oxygens (including phenoxy) is 1. The fraction of sp³-hybridized carbons (Fsp3) is 0.211. The zero-order chi connectivity index (χ0) is 18.8. The average molecular weight is 373 g/mol. The van der Waals surface area contributed by atoms with Gasteiger partial charge in [0.25, 0.3) is 5.91 Å². The second-order valence-corrected chi connectivity index (χ2v) is 6.42. The molecular weight excluding hydrogens is 356 g/mol. The van der Waals surface area contributed by atoms with E-state index in [1.807, 2.05) is 0 Å². The highest BCUT2D eigenvalue weighted by molar-refractivity contribution is 6.31. The van der Waals surface area contributed by atoms with Crippen LogP contribution in [0.1, 0.15) is 24.2 Å². The molecule has 7 heteroatoms. The number of halogens is 1. The minimum atomic E-state index is -0.697. The van der Waals surface area contributed by atoms with Crippen LogP contribution < -0.4 is 15.0 Å². The predicted molar refractivity (Wildman–Crippen MR) is 99.0 cm³/mol. The van der Waals surface area contributed by atoms with Gasteiger partial charge in [-0.15, -0.1) is 0 Å². The molecule has 0 spiro atoms. The molecule has 1 aliphatic rings. The van der Waals surface area contributed by atoms with E-state index in [2.05, 4.69) is 5.32 Å². The summed E-state index contributed by atoms with van der Waals surface area (Å²) in [6, 6.07) is 11.5. The van der Waals surface area contributed by atoms with Crippen LogP contribution in [0, 0.1) is 0 Å². The average Bonchev–Trinajstić information content (AvgIpc) is 2.60. The van der Waals surface area contributed by atoms with E-state index in [0.29, 0.717) is 27.7 Å². The minimum absolute atomic E-state index is 0.0955. The first-order valence-electron chi connectivity index (χ1n) is 8.03. The number of anilines is 2. The Hall–Kier alpha value is -2.86. The van der Waals surface area contributed by atoms with E-state index in [1.54, 1.807) is 49.4 Å². The maximum atomic E-state index is 12.5. The van der Waals surface area contributed by atoms with E-state index in [-0.39, 0.29) is 24.1 Å². The van der Waals surface area contributed by atoms with Gasteiger partial charge < -0.3 is 10.1 Å². The lowest BCUT2D eigenvalue weighted by Crippen LogP contribution is -2.47. The van der Waals surface area contributed by atoms with Gasteiger partial charge in [-0.25, -0.2) is 0 Å². The van der Waals surface area contributed by atoms with Gasteiger partial charge in [-0.2, -0.15) is 0 Å². The molecule has 1 atom stereocenters. The molecule has 26 heavy (non-hydrogen) atoms. The van der Waals surface area contributed by atoms with Crippen molar-refractivity contribution < 1.29 is 19.1 Å². The minimum Gasteiger partial charge on any atom is -0.479 e. The molecule has 0 fully saturated rings. The lowest BCUT2D eigenvalue weighted by molar-refractivity contribution is -0.127. The van der Waals surface area contributed by atoms with Crippen molar-refractivity contribution in [2.24, 2.45) is 0 Å². The smallest absolute Gasteiger partial charge is 0.268 e. The normalized spacial score (nSPS) is 15.9. The maximum Gasteiger partial charge on any atom is 0.268 e. The van der Waals surface area contributed by atoms with Crippen LogP contribution in [0.25, 0.3) is 0 Å². The Morgan fingerprint density at radius 3 is 2.73 bits per heavy atom. The number of ketones is 1. The second-order valence-electron chi connectivity index (χ2n) is 5.98. The van der Waals surface area contributed by atoms with Gasteiger partial charge in [-0.1, -0.05) is 23.7 Å². The lowest BCUT2D eigenvalue weighted by Gasteiger charge is -2.32. The number of nitrogens with zero attached hydrogens (tertiary/aromatic N) is 1. The van der Waals surface area contributed by atoms with Gasteiger partial charge in [-0.3, -0.25) is 19.3 Å². The highest BCUT2D eigenvalue weighted by atomic mass is 35.5. The van der Waals surface area contributed by atoms with Crippen molar-refractivity contribution in [2.75, 3.05) is 16.8 Å². The molecule has 1 unspecified atom stereocenters. The molecule has 3 rings (SSSR count). The van der Waals surface area contributed by atoms with Crippen molar-refractivity contribution >= 4 is 40.6 Å². The van der Waals surface area contributed by atoms with E-state index in [0.717, 1.165) is 0 Å². The molecule has 0 aliphatic carbocycles. The van der Waals surface area contributed by atoms with Gasteiger partial charge in [-0.05, 0) is 44.2 Å². The number of fused-ring (bicyclic) bond motifs is 1. The van der Waals surface area contributed by atoms with Crippen LogP contribution in [0.3, 0.4) is 0 Å². The molecule has 1 aliphatic heterocycles. The van der Waals surface area contributed by atoms with E-state index < -0.39 is 6.10 Å². The van der Waals surface area contributed by atoms with Crippen molar-refractivity contribution in [2.45, 2.75) is 20.0 Å². The third-order valence-corrected chi connectivity index (χ3v) is 4.22. The number of hydrogen-bond acceptors (Lipinski definition) is 4. The summed E-state index contributed by atoms with van der Waals surface area (Å²) < 4.78 is 5.55. The molecule has 2 aromatic carbocycles. The highest BCUT2D eigenvalue weighted by Crippen LogP contribution is 2.36. The molecule has 6 nitrogen and oxygen atoms in total. The molecule has 1 heterocycles. The Balaban J connectivity index is 1.80. The number of benzene rings is 2. The molecule has 0 saturated heterocycles. The zero-order valence-corrected chi connectivity index (χ0v) is 15.0. The van der Waals surface area contributed by atoms with Crippen LogP contribution in [0.2, 0.25) is 5.02 Å². The van der Waals surface area contributed by atoms with E-state index >= 15 is 0 Å². The SMILES string of the molecule is CC(=O)c1cccc(NC(=O)CN2C(=O)C(C)Oc3ccc(Cl)cc32)c1. The number of nitrogens with one attached hydrogen (secondary N) is 1. The summed E-state index contributed by atoms with van der Waals surface area (Å²) in [5, 5.41) is 3.15. The molecule has 0 radical (unpaired) electrons. The molecule has 0 aromatic heterocycles. The molecule has 2 aromatic rings.